The second kappa shape index (κ2) is 6.54. The predicted molar refractivity (Wildman–Crippen MR) is 86.1 cm³/mol. The van der Waals surface area contributed by atoms with Crippen LogP contribution in [-0.4, -0.2) is 48.8 Å². The summed E-state index contributed by atoms with van der Waals surface area (Å²) in [5.74, 6) is 0.142. The van der Waals surface area contributed by atoms with Crippen LogP contribution in [0, 0.1) is 0 Å². The zero-order chi connectivity index (χ0) is 17.2. The summed E-state index contributed by atoms with van der Waals surface area (Å²) in [7, 11) is -2.18. The Labute approximate surface area is 139 Å². The van der Waals surface area contributed by atoms with Gasteiger partial charge >= 0.3 is 0 Å². The number of fused-ring (bicyclic) bond motifs is 1. The standard InChI is InChI=1S/C15H16N4O4S/c1-19(7-4-11-9-16-5-6-17-11)24(21,22)12-2-3-14-13(8-12)18-15(20)10-23-14/h2-3,5-6,8-9H,4,7,10H2,1H3,(H,18,20). The minimum Gasteiger partial charge on any atom is -0.482 e. The first-order valence-corrected chi connectivity index (χ1v) is 8.69. The third-order valence-corrected chi connectivity index (χ3v) is 5.44. The van der Waals surface area contributed by atoms with Crippen LogP contribution >= 0.6 is 0 Å². The molecule has 0 saturated carbocycles. The molecule has 0 bridgehead atoms. The van der Waals surface area contributed by atoms with Gasteiger partial charge in [-0.05, 0) is 18.2 Å². The van der Waals surface area contributed by atoms with Crippen molar-refractivity contribution < 1.29 is 17.9 Å². The first-order valence-electron chi connectivity index (χ1n) is 7.25. The molecule has 1 aliphatic heterocycles. The largest absolute Gasteiger partial charge is 0.482 e. The van der Waals surface area contributed by atoms with Gasteiger partial charge in [-0.3, -0.25) is 14.8 Å². The van der Waals surface area contributed by atoms with Crippen LogP contribution in [0.3, 0.4) is 0 Å². The van der Waals surface area contributed by atoms with E-state index in [-0.39, 0.29) is 24.0 Å². The quantitative estimate of drug-likeness (QED) is 0.852. The van der Waals surface area contributed by atoms with Gasteiger partial charge in [-0.1, -0.05) is 0 Å². The molecule has 9 heteroatoms. The molecule has 1 aromatic heterocycles. The summed E-state index contributed by atoms with van der Waals surface area (Å²) >= 11 is 0. The Morgan fingerprint density at radius 3 is 2.92 bits per heavy atom. The zero-order valence-corrected chi connectivity index (χ0v) is 13.8. The van der Waals surface area contributed by atoms with Crippen molar-refractivity contribution in [1.82, 2.24) is 14.3 Å². The number of likely N-dealkylation sites (N-methyl/N-ethyl adjacent to an activating group) is 1. The van der Waals surface area contributed by atoms with Gasteiger partial charge in [0.2, 0.25) is 10.0 Å². The Hall–Kier alpha value is -2.52. The van der Waals surface area contributed by atoms with E-state index in [0.29, 0.717) is 23.6 Å². The van der Waals surface area contributed by atoms with Crippen molar-refractivity contribution in [2.75, 3.05) is 25.5 Å². The van der Waals surface area contributed by atoms with Crippen LogP contribution < -0.4 is 10.1 Å². The highest BCUT2D eigenvalue weighted by atomic mass is 32.2. The maximum absolute atomic E-state index is 12.7. The number of benzene rings is 1. The number of hydrogen-bond acceptors (Lipinski definition) is 6. The summed E-state index contributed by atoms with van der Waals surface area (Å²) in [4.78, 5) is 19.5. The van der Waals surface area contributed by atoms with Crippen molar-refractivity contribution in [2.45, 2.75) is 11.3 Å². The normalized spacial score (nSPS) is 14.0. The molecule has 0 saturated heterocycles. The molecule has 0 unspecified atom stereocenters. The molecule has 2 heterocycles. The highest BCUT2D eigenvalue weighted by Crippen LogP contribution is 2.30. The number of sulfonamides is 1. The number of ether oxygens (including phenoxy) is 1. The van der Waals surface area contributed by atoms with Crippen LogP contribution in [0.1, 0.15) is 5.69 Å². The minimum absolute atomic E-state index is 0.0723. The molecule has 8 nitrogen and oxygen atoms in total. The highest BCUT2D eigenvalue weighted by Gasteiger charge is 2.24. The molecule has 1 N–H and O–H groups in total. The highest BCUT2D eigenvalue weighted by molar-refractivity contribution is 7.89. The van der Waals surface area contributed by atoms with E-state index in [0.717, 1.165) is 0 Å². The van der Waals surface area contributed by atoms with E-state index in [1.54, 1.807) is 18.6 Å². The second-order valence-electron chi connectivity index (χ2n) is 5.27. The molecule has 24 heavy (non-hydrogen) atoms. The summed E-state index contributed by atoms with van der Waals surface area (Å²) in [6, 6.07) is 4.41. The van der Waals surface area contributed by atoms with Crippen LogP contribution in [0.5, 0.6) is 5.75 Å². The van der Waals surface area contributed by atoms with E-state index in [9.17, 15) is 13.2 Å². The van der Waals surface area contributed by atoms with Crippen LogP contribution in [0.15, 0.2) is 41.7 Å². The Morgan fingerprint density at radius 1 is 1.33 bits per heavy atom. The Bertz CT molecular complexity index is 855. The fourth-order valence-electron chi connectivity index (χ4n) is 2.25. The van der Waals surface area contributed by atoms with E-state index in [2.05, 4.69) is 15.3 Å². The summed E-state index contributed by atoms with van der Waals surface area (Å²) in [5, 5.41) is 2.60. The summed E-state index contributed by atoms with van der Waals surface area (Å²) < 4.78 is 31.8. The molecular formula is C15H16N4O4S. The molecule has 1 amide bonds. The number of anilines is 1. The zero-order valence-electron chi connectivity index (χ0n) is 13.0. The van der Waals surface area contributed by atoms with Gasteiger partial charge in [0.15, 0.2) is 6.61 Å². The smallest absolute Gasteiger partial charge is 0.262 e. The van der Waals surface area contributed by atoms with E-state index < -0.39 is 10.0 Å². The van der Waals surface area contributed by atoms with Gasteiger partial charge in [0, 0.05) is 38.6 Å². The Kier molecular flexibility index (Phi) is 4.45. The summed E-state index contributed by atoms with van der Waals surface area (Å²) in [6.07, 6.45) is 5.18. The first kappa shape index (κ1) is 16.3. The van der Waals surface area contributed by atoms with E-state index in [4.69, 9.17) is 4.74 Å². The number of carbonyl (C=O) groups is 1. The van der Waals surface area contributed by atoms with Gasteiger partial charge in [0.1, 0.15) is 5.75 Å². The summed E-state index contributed by atoms with van der Waals surface area (Å²) in [6.45, 7) is 0.193. The summed E-state index contributed by atoms with van der Waals surface area (Å²) in [5.41, 5.74) is 1.07. The number of aromatic nitrogens is 2. The molecule has 0 atom stereocenters. The molecule has 126 valence electrons. The Morgan fingerprint density at radius 2 is 2.17 bits per heavy atom. The van der Waals surface area contributed by atoms with Gasteiger partial charge in [0.25, 0.3) is 5.91 Å². The van der Waals surface area contributed by atoms with Crippen LogP contribution in [-0.2, 0) is 21.2 Å². The van der Waals surface area contributed by atoms with Gasteiger partial charge in [-0.25, -0.2) is 12.7 Å². The third-order valence-electron chi connectivity index (χ3n) is 3.59. The van der Waals surface area contributed by atoms with Crippen LogP contribution in [0.25, 0.3) is 0 Å². The van der Waals surface area contributed by atoms with Crippen LogP contribution in [0.2, 0.25) is 0 Å². The molecule has 0 spiro atoms. The lowest BCUT2D eigenvalue weighted by atomic mass is 10.2. The molecule has 1 aliphatic rings. The molecule has 0 aliphatic carbocycles. The molecule has 1 aromatic carbocycles. The lowest BCUT2D eigenvalue weighted by Crippen LogP contribution is -2.30. The second-order valence-corrected chi connectivity index (χ2v) is 7.31. The molecule has 2 aromatic rings. The SMILES string of the molecule is CN(CCc1cnccn1)S(=O)(=O)c1ccc2c(c1)NC(=O)CO2. The third kappa shape index (κ3) is 3.36. The van der Waals surface area contributed by atoms with Gasteiger partial charge in [0.05, 0.1) is 16.3 Å². The lowest BCUT2D eigenvalue weighted by Gasteiger charge is -2.21. The predicted octanol–water partition coefficient (Wildman–Crippen LogP) is 0.671. The maximum Gasteiger partial charge on any atom is 0.262 e. The van der Waals surface area contributed by atoms with Crippen LogP contribution in [0.4, 0.5) is 5.69 Å². The number of nitrogens with one attached hydrogen (secondary N) is 1. The number of nitrogens with zero attached hydrogens (tertiary/aromatic N) is 3. The molecular weight excluding hydrogens is 332 g/mol. The number of rotatable bonds is 5. The topological polar surface area (TPSA) is 101 Å². The molecule has 0 fully saturated rings. The van der Waals surface area contributed by atoms with E-state index in [1.165, 1.54) is 29.6 Å². The lowest BCUT2D eigenvalue weighted by molar-refractivity contribution is -0.118. The first-order chi connectivity index (χ1) is 11.5. The van der Waals surface area contributed by atoms with Crippen molar-refractivity contribution in [3.8, 4) is 5.75 Å². The number of hydrogen-bond donors (Lipinski definition) is 1. The number of amides is 1. The van der Waals surface area contributed by atoms with Crippen molar-refractivity contribution in [3.63, 3.8) is 0 Å². The number of carbonyl (C=O) groups excluding carboxylic acids is 1. The van der Waals surface area contributed by atoms with E-state index in [1.807, 2.05) is 0 Å². The molecule has 0 radical (unpaired) electrons. The average molecular weight is 348 g/mol. The van der Waals surface area contributed by atoms with Crippen molar-refractivity contribution in [2.24, 2.45) is 0 Å². The van der Waals surface area contributed by atoms with Gasteiger partial charge < -0.3 is 10.1 Å². The van der Waals surface area contributed by atoms with Crippen molar-refractivity contribution in [3.05, 3.63) is 42.5 Å². The van der Waals surface area contributed by atoms with Gasteiger partial charge in [-0.2, -0.15) is 0 Å². The maximum atomic E-state index is 12.7. The molecule has 3 rings (SSSR count). The van der Waals surface area contributed by atoms with Crippen molar-refractivity contribution in [1.29, 1.82) is 0 Å². The monoisotopic (exact) mass is 348 g/mol. The fourth-order valence-corrected chi connectivity index (χ4v) is 3.45. The average Bonchev–Trinajstić information content (AvgIpc) is 2.59. The minimum atomic E-state index is -3.68. The Balaban J connectivity index is 1.77. The van der Waals surface area contributed by atoms with E-state index >= 15 is 0 Å². The van der Waals surface area contributed by atoms with Crippen molar-refractivity contribution >= 4 is 21.6 Å². The fraction of sp³-hybridized carbons (Fsp3) is 0.267. The van der Waals surface area contributed by atoms with Gasteiger partial charge in [-0.15, -0.1) is 0 Å².